The molecule has 0 fully saturated rings. The topological polar surface area (TPSA) is 34.1 Å². The van der Waals surface area contributed by atoms with Crippen molar-refractivity contribution in [2.24, 2.45) is 5.92 Å². The third-order valence-corrected chi connectivity index (χ3v) is 3.44. The first-order chi connectivity index (χ1) is 9.52. The Hall–Kier alpha value is -1.09. The molecule has 1 N–H and O–H groups in total. The molecule has 3 heteroatoms. The summed E-state index contributed by atoms with van der Waals surface area (Å²) in [5.41, 5.74) is 2.10. The van der Waals surface area contributed by atoms with Crippen LogP contribution in [0.3, 0.4) is 0 Å². The van der Waals surface area contributed by atoms with Gasteiger partial charge in [-0.05, 0) is 51.2 Å². The van der Waals surface area contributed by atoms with Crippen molar-refractivity contribution in [1.82, 2.24) is 10.3 Å². The van der Waals surface area contributed by atoms with Gasteiger partial charge in [0.2, 0.25) is 0 Å². The van der Waals surface area contributed by atoms with Crippen LogP contribution in [-0.2, 0) is 6.42 Å². The lowest BCUT2D eigenvalue weighted by molar-refractivity contribution is 0.299. The molecular weight excluding hydrogens is 248 g/mol. The van der Waals surface area contributed by atoms with Gasteiger partial charge in [-0.1, -0.05) is 20.8 Å². The van der Waals surface area contributed by atoms with Gasteiger partial charge in [0.15, 0.2) is 0 Å². The summed E-state index contributed by atoms with van der Waals surface area (Å²) >= 11 is 0. The second-order valence-corrected chi connectivity index (χ2v) is 5.93. The van der Waals surface area contributed by atoms with Crippen LogP contribution in [0.15, 0.2) is 12.1 Å². The van der Waals surface area contributed by atoms with Gasteiger partial charge in [-0.25, -0.2) is 0 Å². The number of hydrogen-bond donors (Lipinski definition) is 1. The average molecular weight is 278 g/mol. The van der Waals surface area contributed by atoms with Gasteiger partial charge in [0.1, 0.15) is 12.4 Å². The van der Waals surface area contributed by atoms with E-state index in [1.165, 1.54) is 12.8 Å². The van der Waals surface area contributed by atoms with Gasteiger partial charge in [-0.3, -0.25) is 4.98 Å². The second kappa shape index (κ2) is 8.96. The summed E-state index contributed by atoms with van der Waals surface area (Å²) in [5, 5.41) is 3.51. The van der Waals surface area contributed by atoms with Crippen molar-refractivity contribution in [3.8, 4) is 5.75 Å². The van der Waals surface area contributed by atoms with Crippen LogP contribution >= 0.6 is 0 Å². The van der Waals surface area contributed by atoms with Crippen molar-refractivity contribution in [2.75, 3.05) is 13.2 Å². The van der Waals surface area contributed by atoms with Gasteiger partial charge >= 0.3 is 0 Å². The highest BCUT2D eigenvalue weighted by molar-refractivity contribution is 5.29. The van der Waals surface area contributed by atoms with Crippen LogP contribution in [0.1, 0.15) is 51.9 Å². The minimum atomic E-state index is 0.558. The molecule has 1 aromatic rings. The Balaban J connectivity index is 2.27. The molecule has 0 aliphatic rings. The molecule has 0 radical (unpaired) electrons. The van der Waals surface area contributed by atoms with E-state index in [0.29, 0.717) is 12.6 Å². The second-order valence-electron chi connectivity index (χ2n) is 5.93. The van der Waals surface area contributed by atoms with Gasteiger partial charge in [-0.15, -0.1) is 0 Å². The van der Waals surface area contributed by atoms with Crippen LogP contribution in [0, 0.1) is 12.8 Å². The van der Waals surface area contributed by atoms with Crippen LogP contribution in [0.4, 0.5) is 0 Å². The monoisotopic (exact) mass is 278 g/mol. The first-order valence-corrected chi connectivity index (χ1v) is 7.85. The number of aromatic nitrogens is 1. The zero-order chi connectivity index (χ0) is 15.0. The summed E-state index contributed by atoms with van der Waals surface area (Å²) in [6.07, 6.45) is 3.41. The van der Waals surface area contributed by atoms with E-state index >= 15 is 0 Å². The Bertz CT molecular complexity index is 391. The third kappa shape index (κ3) is 6.38. The molecule has 0 bridgehead atoms. The van der Waals surface area contributed by atoms with Crippen LogP contribution < -0.4 is 10.1 Å². The molecule has 114 valence electrons. The predicted molar refractivity (Wildman–Crippen MR) is 85.4 cm³/mol. The molecule has 0 amide bonds. The molecule has 0 aliphatic carbocycles. The highest BCUT2D eigenvalue weighted by Gasteiger charge is 2.05. The Labute approximate surface area is 124 Å². The van der Waals surface area contributed by atoms with Gasteiger partial charge < -0.3 is 10.1 Å². The lowest BCUT2D eigenvalue weighted by Gasteiger charge is -2.16. The zero-order valence-corrected chi connectivity index (χ0v) is 13.7. The Morgan fingerprint density at radius 3 is 2.60 bits per heavy atom. The van der Waals surface area contributed by atoms with Crippen molar-refractivity contribution < 1.29 is 4.74 Å². The summed E-state index contributed by atoms with van der Waals surface area (Å²) < 4.78 is 5.83. The predicted octanol–water partition coefficient (Wildman–Crippen LogP) is 3.75. The van der Waals surface area contributed by atoms with E-state index in [0.717, 1.165) is 36.0 Å². The van der Waals surface area contributed by atoms with Gasteiger partial charge in [0.05, 0.1) is 5.69 Å². The molecule has 0 aromatic carbocycles. The molecule has 20 heavy (non-hydrogen) atoms. The number of pyridine rings is 1. The molecule has 1 unspecified atom stereocenters. The highest BCUT2D eigenvalue weighted by Crippen LogP contribution is 2.17. The van der Waals surface area contributed by atoms with Crippen LogP contribution in [0.25, 0.3) is 0 Å². The molecule has 1 heterocycles. The normalized spacial score (nSPS) is 12.7. The molecule has 3 nitrogen and oxygen atoms in total. The molecule has 0 aliphatic heterocycles. The molecular formula is C17H30N2O. The number of nitrogens with one attached hydrogen (secondary N) is 1. The highest BCUT2D eigenvalue weighted by atomic mass is 16.5. The standard InChI is InChI=1S/C17H30N2O/c1-6-16-17(10-9-15(5)19-16)20-12-11-18-14(4)8-7-13(2)3/h9-10,13-14,18H,6-8,11-12H2,1-5H3. The minimum absolute atomic E-state index is 0.558. The van der Waals surface area contributed by atoms with Crippen molar-refractivity contribution in [2.45, 2.75) is 59.9 Å². The van der Waals surface area contributed by atoms with E-state index in [2.05, 4.69) is 38.0 Å². The fourth-order valence-electron chi connectivity index (χ4n) is 2.13. The van der Waals surface area contributed by atoms with E-state index < -0.39 is 0 Å². The fraction of sp³-hybridized carbons (Fsp3) is 0.706. The van der Waals surface area contributed by atoms with E-state index in [1.807, 2.05) is 19.1 Å². The summed E-state index contributed by atoms with van der Waals surface area (Å²) in [5.74, 6) is 1.70. The molecule has 0 saturated carbocycles. The number of nitrogens with zero attached hydrogens (tertiary/aromatic N) is 1. The van der Waals surface area contributed by atoms with Crippen molar-refractivity contribution in [1.29, 1.82) is 0 Å². The molecule has 1 rings (SSSR count). The van der Waals surface area contributed by atoms with E-state index in [-0.39, 0.29) is 0 Å². The largest absolute Gasteiger partial charge is 0.490 e. The van der Waals surface area contributed by atoms with Crippen molar-refractivity contribution >= 4 is 0 Å². The zero-order valence-electron chi connectivity index (χ0n) is 13.7. The molecule has 0 spiro atoms. The van der Waals surface area contributed by atoms with Gasteiger partial charge in [0.25, 0.3) is 0 Å². The number of ether oxygens (including phenoxy) is 1. The summed E-state index contributed by atoms with van der Waals surface area (Å²) in [4.78, 5) is 4.51. The van der Waals surface area contributed by atoms with Gasteiger partial charge in [-0.2, -0.15) is 0 Å². The number of hydrogen-bond acceptors (Lipinski definition) is 3. The quantitative estimate of drug-likeness (QED) is 0.699. The maximum Gasteiger partial charge on any atom is 0.140 e. The maximum absolute atomic E-state index is 5.83. The van der Waals surface area contributed by atoms with E-state index in [1.54, 1.807) is 0 Å². The Kier molecular flexibility index (Phi) is 7.60. The summed E-state index contributed by atoms with van der Waals surface area (Å²) in [6, 6.07) is 4.60. The first kappa shape index (κ1) is 17.0. The van der Waals surface area contributed by atoms with Crippen molar-refractivity contribution in [3.63, 3.8) is 0 Å². The molecule has 1 aromatic heterocycles. The van der Waals surface area contributed by atoms with Crippen LogP contribution in [0.2, 0.25) is 0 Å². The van der Waals surface area contributed by atoms with Crippen LogP contribution in [-0.4, -0.2) is 24.2 Å². The Morgan fingerprint density at radius 1 is 1.20 bits per heavy atom. The smallest absolute Gasteiger partial charge is 0.140 e. The van der Waals surface area contributed by atoms with Gasteiger partial charge in [0, 0.05) is 18.3 Å². The fourth-order valence-corrected chi connectivity index (χ4v) is 2.13. The van der Waals surface area contributed by atoms with E-state index in [9.17, 15) is 0 Å². The van der Waals surface area contributed by atoms with Crippen molar-refractivity contribution in [3.05, 3.63) is 23.5 Å². The average Bonchev–Trinajstić information content (AvgIpc) is 2.42. The Morgan fingerprint density at radius 2 is 1.95 bits per heavy atom. The third-order valence-electron chi connectivity index (χ3n) is 3.44. The minimum Gasteiger partial charge on any atom is -0.490 e. The lowest BCUT2D eigenvalue weighted by Crippen LogP contribution is -2.30. The maximum atomic E-state index is 5.83. The molecule has 0 saturated heterocycles. The first-order valence-electron chi connectivity index (χ1n) is 7.85. The number of rotatable bonds is 9. The number of aryl methyl sites for hydroxylation is 2. The lowest BCUT2D eigenvalue weighted by atomic mass is 10.0. The molecule has 1 atom stereocenters. The summed E-state index contributed by atoms with van der Waals surface area (Å²) in [6.45, 7) is 12.5. The van der Waals surface area contributed by atoms with Crippen LogP contribution in [0.5, 0.6) is 5.75 Å². The summed E-state index contributed by atoms with van der Waals surface area (Å²) in [7, 11) is 0. The van der Waals surface area contributed by atoms with E-state index in [4.69, 9.17) is 4.74 Å². The SMILES string of the molecule is CCc1nc(C)ccc1OCCNC(C)CCC(C)C.